The van der Waals surface area contributed by atoms with Crippen LogP contribution in [0.3, 0.4) is 0 Å². The number of rotatable bonds is 26. The number of amides is 5. The van der Waals surface area contributed by atoms with Crippen LogP contribution < -0.4 is 26.6 Å². The van der Waals surface area contributed by atoms with E-state index in [1.807, 2.05) is 13.8 Å². The highest BCUT2D eigenvalue weighted by atomic mass is 16.5. The molecule has 0 unspecified atom stereocenters. The number of carbonyl (C=O) groups excluding carboxylic acids is 5. The summed E-state index contributed by atoms with van der Waals surface area (Å²) >= 11 is 0. The molecule has 0 aliphatic rings. The smallest absolute Gasteiger partial charge is 0.226 e. The number of aromatic hydroxyl groups is 2. The monoisotopic (exact) mass is 715 g/mol. The van der Waals surface area contributed by atoms with Gasteiger partial charge in [-0.3, -0.25) is 24.0 Å². The van der Waals surface area contributed by atoms with E-state index in [2.05, 4.69) is 26.6 Å². The van der Waals surface area contributed by atoms with E-state index >= 15 is 0 Å². The Kier molecular flexibility index (Phi) is 20.3. The number of nitrogens with one attached hydrogen (secondary N) is 5. The lowest BCUT2D eigenvalue weighted by molar-refractivity contribution is -0.130. The maximum atomic E-state index is 12.8. The molecule has 0 aliphatic carbocycles. The summed E-state index contributed by atoms with van der Waals surface area (Å²) in [7, 11) is 0. The number of benzene rings is 2. The zero-order chi connectivity index (χ0) is 37.3. The number of phenolic OH excluding ortho intramolecular Hbond substituents is 2. The topological polar surface area (TPSA) is 214 Å². The van der Waals surface area contributed by atoms with Gasteiger partial charge in [0.25, 0.3) is 0 Å². The fourth-order valence-electron chi connectivity index (χ4n) is 4.55. The molecule has 0 radical (unpaired) electrons. The molecule has 5 amide bonds. The second kappa shape index (κ2) is 24.4. The van der Waals surface area contributed by atoms with Crippen molar-refractivity contribution in [1.29, 1.82) is 0 Å². The van der Waals surface area contributed by atoms with E-state index in [1.54, 1.807) is 24.3 Å². The Hall–Kier alpha value is -4.73. The Balaban J connectivity index is 1.81. The Morgan fingerprint density at radius 2 is 0.980 bits per heavy atom. The van der Waals surface area contributed by atoms with Gasteiger partial charge in [0.15, 0.2) is 0 Å². The third-order valence-electron chi connectivity index (χ3n) is 7.24. The van der Waals surface area contributed by atoms with Gasteiger partial charge in [-0.2, -0.15) is 0 Å². The molecule has 282 valence electrons. The standard InChI is InChI=1S/C36H53N5O10/c1-3-5-6-35(48)41-36(24-49-21-4-2,25-50-22-17-31(44)37-19-15-33(46)39-27-7-11-29(42)12-8-27)26-51-23-18-32(45)38-20-16-34(47)40-28-9-13-30(43)14-10-28/h7-14,42-43H,3-6,15-26H2,1-2H3,(H,37,44)(H,38,45)(H,39,46)(H,40,47)(H,41,48). The van der Waals surface area contributed by atoms with Crippen molar-refractivity contribution in [2.45, 2.75) is 70.8 Å². The normalized spacial score (nSPS) is 11.0. The first-order chi connectivity index (χ1) is 24.5. The number of phenols is 2. The van der Waals surface area contributed by atoms with Crippen LogP contribution in [0.4, 0.5) is 11.4 Å². The minimum Gasteiger partial charge on any atom is -0.508 e. The Bertz CT molecular complexity index is 1270. The zero-order valence-corrected chi connectivity index (χ0v) is 29.6. The predicted octanol–water partition coefficient (Wildman–Crippen LogP) is 2.97. The van der Waals surface area contributed by atoms with Crippen molar-refractivity contribution in [3.63, 3.8) is 0 Å². The van der Waals surface area contributed by atoms with E-state index in [0.717, 1.165) is 12.8 Å². The number of unbranched alkanes of at least 4 members (excludes halogenated alkanes) is 1. The van der Waals surface area contributed by atoms with Gasteiger partial charge in [-0.05, 0) is 61.4 Å². The van der Waals surface area contributed by atoms with Crippen LogP contribution in [0.25, 0.3) is 0 Å². The molecule has 0 saturated heterocycles. The second-order valence-electron chi connectivity index (χ2n) is 12.0. The Morgan fingerprint density at radius 3 is 1.39 bits per heavy atom. The van der Waals surface area contributed by atoms with Gasteiger partial charge in [-0.25, -0.2) is 0 Å². The van der Waals surface area contributed by atoms with Crippen LogP contribution in [-0.2, 0) is 38.2 Å². The van der Waals surface area contributed by atoms with Gasteiger partial charge in [0.2, 0.25) is 29.5 Å². The summed E-state index contributed by atoms with van der Waals surface area (Å²) in [5.74, 6) is -1.23. The van der Waals surface area contributed by atoms with Crippen molar-refractivity contribution in [3.05, 3.63) is 48.5 Å². The third kappa shape index (κ3) is 19.3. The summed E-state index contributed by atoms with van der Waals surface area (Å²) in [6.45, 7) is 4.76. The van der Waals surface area contributed by atoms with Crippen LogP contribution in [0.15, 0.2) is 48.5 Å². The molecule has 15 nitrogen and oxygen atoms in total. The molecule has 0 fully saturated rings. The molecule has 2 rings (SSSR count). The lowest BCUT2D eigenvalue weighted by Crippen LogP contribution is -2.58. The molecule has 15 heteroatoms. The van der Waals surface area contributed by atoms with Crippen LogP contribution in [0.5, 0.6) is 11.5 Å². The zero-order valence-electron chi connectivity index (χ0n) is 29.6. The number of ether oxygens (including phenoxy) is 3. The second-order valence-corrected chi connectivity index (χ2v) is 12.0. The molecule has 0 aliphatic heterocycles. The number of anilines is 2. The highest BCUT2D eigenvalue weighted by Gasteiger charge is 2.33. The largest absolute Gasteiger partial charge is 0.508 e. The van der Waals surface area contributed by atoms with Crippen molar-refractivity contribution in [2.75, 3.05) is 63.4 Å². The van der Waals surface area contributed by atoms with Crippen LogP contribution in [-0.4, -0.2) is 98.0 Å². The average molecular weight is 716 g/mol. The van der Waals surface area contributed by atoms with Crippen molar-refractivity contribution in [1.82, 2.24) is 16.0 Å². The summed E-state index contributed by atoms with van der Waals surface area (Å²) < 4.78 is 17.5. The Morgan fingerprint density at radius 1 is 0.549 bits per heavy atom. The van der Waals surface area contributed by atoms with Crippen molar-refractivity contribution in [3.8, 4) is 11.5 Å². The summed E-state index contributed by atoms with van der Waals surface area (Å²) in [5, 5.41) is 32.4. The van der Waals surface area contributed by atoms with E-state index in [-0.39, 0.29) is 113 Å². The highest BCUT2D eigenvalue weighted by molar-refractivity contribution is 5.91. The molecule has 0 spiro atoms. The van der Waals surface area contributed by atoms with Gasteiger partial charge in [-0.15, -0.1) is 0 Å². The van der Waals surface area contributed by atoms with E-state index in [4.69, 9.17) is 14.2 Å². The molecule has 2 aromatic rings. The van der Waals surface area contributed by atoms with Crippen LogP contribution in [0, 0.1) is 0 Å². The van der Waals surface area contributed by atoms with Gasteiger partial charge >= 0.3 is 0 Å². The summed E-state index contributed by atoms with van der Waals surface area (Å²) in [6, 6.07) is 12.1. The molecule has 2 aromatic carbocycles. The molecule has 0 aromatic heterocycles. The summed E-state index contributed by atoms with van der Waals surface area (Å²) in [5.41, 5.74) is -0.0173. The van der Waals surface area contributed by atoms with Gasteiger partial charge in [0.1, 0.15) is 17.0 Å². The maximum absolute atomic E-state index is 12.8. The number of hydrogen-bond donors (Lipinski definition) is 7. The molecule has 0 atom stereocenters. The SMILES string of the molecule is CCCCC(=O)NC(COCCC)(COCCC(=O)NCCC(=O)Nc1ccc(O)cc1)COCCC(=O)NCCC(=O)Nc1ccc(O)cc1. The third-order valence-corrected chi connectivity index (χ3v) is 7.24. The van der Waals surface area contributed by atoms with Crippen molar-refractivity contribution >= 4 is 40.9 Å². The average Bonchev–Trinajstić information content (AvgIpc) is 3.10. The molecule has 0 bridgehead atoms. The number of hydrogen-bond acceptors (Lipinski definition) is 10. The van der Waals surface area contributed by atoms with Crippen molar-refractivity contribution < 1.29 is 48.4 Å². The molecule has 0 heterocycles. The first-order valence-corrected chi connectivity index (χ1v) is 17.3. The van der Waals surface area contributed by atoms with Gasteiger partial charge in [-0.1, -0.05) is 20.3 Å². The quantitative estimate of drug-likeness (QED) is 0.0559. The number of carbonyl (C=O) groups is 5. The molecule has 7 N–H and O–H groups in total. The predicted molar refractivity (Wildman–Crippen MR) is 191 cm³/mol. The maximum Gasteiger partial charge on any atom is 0.226 e. The first-order valence-electron chi connectivity index (χ1n) is 17.3. The molecule has 0 saturated carbocycles. The summed E-state index contributed by atoms with van der Waals surface area (Å²) in [4.78, 5) is 61.9. The van der Waals surface area contributed by atoms with Crippen LogP contribution >= 0.6 is 0 Å². The van der Waals surface area contributed by atoms with Gasteiger partial charge in [0.05, 0.1) is 33.0 Å². The molecule has 51 heavy (non-hydrogen) atoms. The van der Waals surface area contributed by atoms with E-state index in [9.17, 15) is 34.2 Å². The van der Waals surface area contributed by atoms with Gasteiger partial charge < -0.3 is 51.0 Å². The first kappa shape index (κ1) is 42.4. The van der Waals surface area contributed by atoms with Gasteiger partial charge in [0, 0.05) is 63.2 Å². The molecular weight excluding hydrogens is 662 g/mol. The van der Waals surface area contributed by atoms with E-state index in [0.29, 0.717) is 30.8 Å². The fraction of sp³-hybridized carbons (Fsp3) is 0.528. The molecular formula is C36H53N5O10. The lowest BCUT2D eigenvalue weighted by atomic mass is 10.0. The van der Waals surface area contributed by atoms with Crippen molar-refractivity contribution in [2.24, 2.45) is 0 Å². The van der Waals surface area contributed by atoms with E-state index in [1.165, 1.54) is 24.3 Å². The fourth-order valence-corrected chi connectivity index (χ4v) is 4.55. The minimum atomic E-state index is -1.08. The summed E-state index contributed by atoms with van der Waals surface area (Å²) in [6.07, 6.45) is 2.73. The van der Waals surface area contributed by atoms with Crippen LogP contribution in [0.1, 0.15) is 65.2 Å². The van der Waals surface area contributed by atoms with E-state index < -0.39 is 5.54 Å². The van der Waals surface area contributed by atoms with Crippen LogP contribution in [0.2, 0.25) is 0 Å². The lowest BCUT2D eigenvalue weighted by Gasteiger charge is -2.34. The minimum absolute atomic E-state index is 0.0146. The Labute approximate surface area is 299 Å². The highest BCUT2D eigenvalue weighted by Crippen LogP contribution is 2.15.